The number of rotatable bonds is 2. The maximum atomic E-state index is 13.2. The monoisotopic (exact) mass is 213 g/mol. The molecule has 1 atom stereocenters. The molecular weight excluding hydrogens is 200 g/mol. The van der Waals surface area contributed by atoms with Crippen LogP contribution in [0.15, 0.2) is 12.1 Å². The number of aliphatic hydroxyl groups is 1. The van der Waals surface area contributed by atoms with E-state index in [2.05, 4.69) is 4.98 Å². The first-order valence-electron chi connectivity index (χ1n) is 5.18. The van der Waals surface area contributed by atoms with Gasteiger partial charge < -0.3 is 5.11 Å². The van der Waals surface area contributed by atoms with E-state index < -0.39 is 18.0 Å². The molecule has 0 aliphatic heterocycles. The van der Waals surface area contributed by atoms with Gasteiger partial charge in [0.05, 0.1) is 6.10 Å². The molecule has 1 aliphatic rings. The molecule has 1 heterocycles. The lowest BCUT2D eigenvalue weighted by atomic mass is 9.95. The third-order valence-corrected chi connectivity index (χ3v) is 3.01. The lowest BCUT2D eigenvalue weighted by molar-refractivity contribution is 0.106. The highest BCUT2D eigenvalue weighted by Gasteiger charge is 2.26. The topological polar surface area (TPSA) is 33.1 Å². The molecule has 0 saturated heterocycles. The molecule has 82 valence electrons. The van der Waals surface area contributed by atoms with Gasteiger partial charge in [0, 0.05) is 5.56 Å². The first kappa shape index (κ1) is 10.5. The summed E-state index contributed by atoms with van der Waals surface area (Å²) in [4.78, 5) is 3.07. The van der Waals surface area contributed by atoms with Crippen LogP contribution in [0.2, 0.25) is 0 Å². The zero-order valence-corrected chi connectivity index (χ0v) is 8.29. The van der Waals surface area contributed by atoms with E-state index in [-0.39, 0.29) is 11.5 Å². The van der Waals surface area contributed by atoms with E-state index >= 15 is 0 Å². The largest absolute Gasteiger partial charge is 0.388 e. The van der Waals surface area contributed by atoms with E-state index in [4.69, 9.17) is 0 Å². The fourth-order valence-corrected chi connectivity index (χ4v) is 2.17. The maximum Gasteiger partial charge on any atom is 0.221 e. The number of halogens is 2. The van der Waals surface area contributed by atoms with Crippen molar-refractivity contribution in [3.63, 3.8) is 0 Å². The van der Waals surface area contributed by atoms with Crippen molar-refractivity contribution in [1.82, 2.24) is 4.98 Å². The van der Waals surface area contributed by atoms with Gasteiger partial charge in [-0.05, 0) is 30.9 Å². The molecule has 2 rings (SSSR count). The molecule has 2 nitrogen and oxygen atoms in total. The van der Waals surface area contributed by atoms with Gasteiger partial charge in [-0.1, -0.05) is 12.8 Å². The number of hydrogen-bond acceptors (Lipinski definition) is 2. The van der Waals surface area contributed by atoms with Crippen LogP contribution in [-0.4, -0.2) is 10.1 Å². The molecule has 0 radical (unpaired) electrons. The lowest BCUT2D eigenvalue weighted by Gasteiger charge is -2.17. The van der Waals surface area contributed by atoms with Gasteiger partial charge in [-0.2, -0.15) is 13.8 Å². The second-order valence-corrected chi connectivity index (χ2v) is 4.00. The van der Waals surface area contributed by atoms with Crippen molar-refractivity contribution in [1.29, 1.82) is 0 Å². The summed E-state index contributed by atoms with van der Waals surface area (Å²) in [6, 6.07) is 2.36. The summed E-state index contributed by atoms with van der Waals surface area (Å²) >= 11 is 0. The maximum absolute atomic E-state index is 13.2. The molecule has 4 heteroatoms. The summed E-state index contributed by atoms with van der Waals surface area (Å²) in [7, 11) is 0. The minimum absolute atomic E-state index is 0.0896. The van der Waals surface area contributed by atoms with Crippen LogP contribution < -0.4 is 0 Å². The highest BCUT2D eigenvalue weighted by molar-refractivity contribution is 5.15. The number of pyridine rings is 1. The highest BCUT2D eigenvalue weighted by atomic mass is 19.1. The average molecular weight is 213 g/mol. The van der Waals surface area contributed by atoms with Gasteiger partial charge in [0.15, 0.2) is 0 Å². The Bertz CT molecular complexity index is 350. The minimum Gasteiger partial charge on any atom is -0.388 e. The summed E-state index contributed by atoms with van der Waals surface area (Å²) in [5.41, 5.74) is 0.114. The van der Waals surface area contributed by atoms with Crippen molar-refractivity contribution in [3.05, 3.63) is 29.6 Å². The SMILES string of the molecule is OC(c1ccc(F)nc1F)C1CCCC1. The first-order valence-corrected chi connectivity index (χ1v) is 5.18. The Morgan fingerprint density at radius 3 is 2.53 bits per heavy atom. The van der Waals surface area contributed by atoms with Crippen molar-refractivity contribution >= 4 is 0 Å². The Hall–Kier alpha value is -1.03. The first-order chi connectivity index (χ1) is 7.18. The number of aromatic nitrogens is 1. The Kier molecular flexibility index (Phi) is 2.95. The van der Waals surface area contributed by atoms with Crippen LogP contribution in [-0.2, 0) is 0 Å². The van der Waals surface area contributed by atoms with Crippen LogP contribution in [0.3, 0.4) is 0 Å². The van der Waals surface area contributed by atoms with Gasteiger partial charge in [-0.15, -0.1) is 0 Å². The van der Waals surface area contributed by atoms with Gasteiger partial charge in [-0.3, -0.25) is 0 Å². The summed E-state index contributed by atoms with van der Waals surface area (Å²) in [6.07, 6.45) is 3.09. The van der Waals surface area contributed by atoms with Gasteiger partial charge in [0.25, 0.3) is 0 Å². The molecular formula is C11H13F2NO. The molecule has 1 aliphatic carbocycles. The fraction of sp³-hybridized carbons (Fsp3) is 0.545. The normalized spacial score (nSPS) is 19.4. The molecule has 1 aromatic rings. The summed E-state index contributed by atoms with van der Waals surface area (Å²) in [6.45, 7) is 0. The van der Waals surface area contributed by atoms with Crippen LogP contribution in [0.5, 0.6) is 0 Å². The summed E-state index contributed by atoms with van der Waals surface area (Å²) < 4.78 is 25.8. The molecule has 15 heavy (non-hydrogen) atoms. The third kappa shape index (κ3) is 2.15. The number of hydrogen-bond donors (Lipinski definition) is 1. The zero-order valence-electron chi connectivity index (χ0n) is 8.29. The van der Waals surface area contributed by atoms with Crippen molar-refractivity contribution in [2.75, 3.05) is 0 Å². The minimum atomic E-state index is -0.894. The van der Waals surface area contributed by atoms with Crippen LogP contribution in [0.25, 0.3) is 0 Å². The van der Waals surface area contributed by atoms with E-state index in [1.807, 2.05) is 0 Å². The standard InChI is InChI=1S/C11H13F2NO/c12-9-6-5-8(11(13)14-9)10(15)7-3-1-2-4-7/h5-7,10,15H,1-4H2. The van der Waals surface area contributed by atoms with Gasteiger partial charge in [0.1, 0.15) is 0 Å². The van der Waals surface area contributed by atoms with Crippen LogP contribution in [0, 0.1) is 17.8 Å². The summed E-state index contributed by atoms with van der Waals surface area (Å²) in [5.74, 6) is -1.66. The third-order valence-electron chi connectivity index (χ3n) is 3.01. The Labute approximate surface area is 87.0 Å². The lowest BCUT2D eigenvalue weighted by Crippen LogP contribution is -2.12. The molecule has 1 fully saturated rings. The van der Waals surface area contributed by atoms with E-state index in [0.29, 0.717) is 0 Å². The molecule has 0 bridgehead atoms. The van der Waals surface area contributed by atoms with Gasteiger partial charge in [-0.25, -0.2) is 0 Å². The van der Waals surface area contributed by atoms with Crippen LogP contribution in [0.1, 0.15) is 37.4 Å². The van der Waals surface area contributed by atoms with Crippen molar-refractivity contribution in [2.24, 2.45) is 5.92 Å². The van der Waals surface area contributed by atoms with E-state index in [0.717, 1.165) is 31.7 Å². The smallest absolute Gasteiger partial charge is 0.221 e. The van der Waals surface area contributed by atoms with E-state index in [9.17, 15) is 13.9 Å². The molecule has 1 unspecified atom stereocenters. The van der Waals surface area contributed by atoms with Crippen LogP contribution in [0.4, 0.5) is 8.78 Å². The molecule has 0 spiro atoms. The second kappa shape index (κ2) is 4.23. The van der Waals surface area contributed by atoms with E-state index in [1.54, 1.807) is 0 Å². The molecule has 0 aromatic carbocycles. The molecule has 1 aromatic heterocycles. The second-order valence-electron chi connectivity index (χ2n) is 4.00. The number of aliphatic hydroxyl groups excluding tert-OH is 1. The van der Waals surface area contributed by atoms with Gasteiger partial charge in [0.2, 0.25) is 11.9 Å². The van der Waals surface area contributed by atoms with Gasteiger partial charge >= 0.3 is 0 Å². The Morgan fingerprint density at radius 1 is 1.27 bits per heavy atom. The van der Waals surface area contributed by atoms with Crippen LogP contribution >= 0.6 is 0 Å². The van der Waals surface area contributed by atoms with E-state index in [1.165, 1.54) is 6.07 Å². The average Bonchev–Trinajstić information content (AvgIpc) is 2.69. The quantitative estimate of drug-likeness (QED) is 0.766. The Morgan fingerprint density at radius 2 is 1.93 bits per heavy atom. The molecule has 0 amide bonds. The predicted molar refractivity (Wildman–Crippen MR) is 51.1 cm³/mol. The Balaban J connectivity index is 2.20. The van der Waals surface area contributed by atoms with Crippen molar-refractivity contribution in [2.45, 2.75) is 31.8 Å². The van der Waals surface area contributed by atoms with Crippen molar-refractivity contribution in [3.8, 4) is 0 Å². The zero-order chi connectivity index (χ0) is 10.8. The highest BCUT2D eigenvalue weighted by Crippen LogP contribution is 2.36. The molecule has 1 N–H and O–H groups in total. The summed E-state index contributed by atoms with van der Waals surface area (Å²) in [5, 5.41) is 9.89. The fourth-order valence-electron chi connectivity index (χ4n) is 2.17. The molecule has 1 saturated carbocycles. The number of nitrogens with zero attached hydrogens (tertiary/aromatic N) is 1. The predicted octanol–water partition coefficient (Wildman–Crippen LogP) is 2.58. The van der Waals surface area contributed by atoms with Crippen molar-refractivity contribution < 1.29 is 13.9 Å².